The van der Waals surface area contributed by atoms with Gasteiger partial charge in [-0.15, -0.1) is 0 Å². The smallest absolute Gasteiger partial charge is 0.330 e. The Bertz CT molecular complexity index is 957. The highest BCUT2D eigenvalue weighted by atomic mass is 28.4. The van der Waals surface area contributed by atoms with Crippen LogP contribution in [0.4, 0.5) is 0 Å². The standard InChI is InChI=1S/C23H44N2O6Si2/c1-16-13-25(20(28)24-19(16)27)18-12-17(31-33(10,11)22(5,6)7)23(14-26,30-18)15-29-32(8,9)21(2,3)4/h13,17-18,26H,12,14-15H2,1-11H3,(H,24,27,28)/t17-,18+,23+/m0/s1. The summed E-state index contributed by atoms with van der Waals surface area (Å²) in [5.41, 5.74) is -1.66. The molecule has 190 valence electrons. The van der Waals surface area contributed by atoms with Gasteiger partial charge < -0.3 is 18.7 Å². The second-order valence-electron chi connectivity index (χ2n) is 12.4. The number of nitrogens with one attached hydrogen (secondary N) is 1. The zero-order chi connectivity index (χ0) is 25.6. The van der Waals surface area contributed by atoms with Gasteiger partial charge in [-0.1, -0.05) is 41.5 Å². The van der Waals surface area contributed by atoms with Gasteiger partial charge in [0.25, 0.3) is 5.56 Å². The molecule has 1 aliphatic heterocycles. The fraction of sp³-hybridized carbons (Fsp3) is 0.826. The Labute approximate surface area is 199 Å². The molecule has 1 fully saturated rings. The molecule has 1 aromatic heterocycles. The molecule has 0 bridgehead atoms. The molecular weight excluding hydrogens is 456 g/mol. The molecule has 8 nitrogen and oxygen atoms in total. The molecular formula is C23H44N2O6Si2. The monoisotopic (exact) mass is 500 g/mol. The third kappa shape index (κ3) is 5.79. The number of aryl methyl sites for hydroxylation is 1. The minimum absolute atomic E-state index is 0.00952. The SMILES string of the molecule is Cc1cn([C@H]2C[C@H](O[Si](C)(C)C(C)(C)C)[C@@](CO)(CO[Si](C)(C)C(C)(C)C)O2)c(=O)[nH]c1=O. The molecule has 1 aliphatic rings. The van der Waals surface area contributed by atoms with Gasteiger partial charge in [0.15, 0.2) is 16.6 Å². The molecule has 2 heterocycles. The molecule has 0 saturated carbocycles. The maximum atomic E-state index is 12.6. The molecule has 0 aromatic carbocycles. The molecule has 1 saturated heterocycles. The van der Waals surface area contributed by atoms with Crippen molar-refractivity contribution in [2.24, 2.45) is 0 Å². The van der Waals surface area contributed by atoms with Gasteiger partial charge in [0.2, 0.25) is 0 Å². The van der Waals surface area contributed by atoms with E-state index in [9.17, 15) is 14.7 Å². The van der Waals surface area contributed by atoms with Crippen LogP contribution >= 0.6 is 0 Å². The van der Waals surface area contributed by atoms with E-state index in [-0.39, 0.29) is 23.3 Å². The zero-order valence-corrected chi connectivity index (χ0v) is 24.3. The molecule has 0 radical (unpaired) electrons. The summed E-state index contributed by atoms with van der Waals surface area (Å²) in [7, 11) is -4.37. The van der Waals surface area contributed by atoms with Crippen LogP contribution in [0.15, 0.2) is 15.8 Å². The number of hydrogen-bond donors (Lipinski definition) is 2. The molecule has 2 rings (SSSR count). The zero-order valence-electron chi connectivity index (χ0n) is 22.3. The molecule has 0 aliphatic carbocycles. The summed E-state index contributed by atoms with van der Waals surface area (Å²) in [6, 6.07) is 0. The predicted octanol–water partition coefficient (Wildman–Crippen LogP) is 3.91. The quantitative estimate of drug-likeness (QED) is 0.550. The van der Waals surface area contributed by atoms with Crippen molar-refractivity contribution in [3.05, 3.63) is 32.6 Å². The highest BCUT2D eigenvalue weighted by Crippen LogP contribution is 2.45. The summed E-state index contributed by atoms with van der Waals surface area (Å²) in [4.78, 5) is 26.8. The number of ether oxygens (including phenoxy) is 1. The largest absolute Gasteiger partial charge is 0.414 e. The molecule has 10 heteroatoms. The van der Waals surface area contributed by atoms with E-state index in [0.717, 1.165) is 0 Å². The Morgan fingerprint density at radius 3 is 2.15 bits per heavy atom. The molecule has 0 amide bonds. The van der Waals surface area contributed by atoms with Crippen molar-refractivity contribution in [2.45, 2.75) is 109 Å². The average molecular weight is 501 g/mol. The molecule has 1 aromatic rings. The number of aliphatic hydroxyl groups excluding tert-OH is 1. The van der Waals surface area contributed by atoms with Crippen LogP contribution in [0.3, 0.4) is 0 Å². The maximum Gasteiger partial charge on any atom is 0.330 e. The van der Waals surface area contributed by atoms with Crippen LogP contribution in [0.1, 0.15) is 59.8 Å². The van der Waals surface area contributed by atoms with E-state index in [2.05, 4.69) is 72.7 Å². The van der Waals surface area contributed by atoms with Crippen LogP contribution in [0.2, 0.25) is 36.3 Å². The van der Waals surface area contributed by atoms with Gasteiger partial charge in [0.05, 0.1) is 19.3 Å². The Morgan fingerprint density at radius 1 is 1.12 bits per heavy atom. The minimum Gasteiger partial charge on any atom is -0.414 e. The van der Waals surface area contributed by atoms with Crippen LogP contribution < -0.4 is 11.2 Å². The fourth-order valence-corrected chi connectivity index (χ4v) is 5.70. The maximum absolute atomic E-state index is 12.6. The molecule has 0 spiro atoms. The van der Waals surface area contributed by atoms with E-state index in [0.29, 0.717) is 12.0 Å². The Kier molecular flexibility index (Phi) is 7.86. The number of aromatic amines is 1. The lowest BCUT2D eigenvalue weighted by molar-refractivity contribution is -0.145. The molecule has 2 N–H and O–H groups in total. The summed E-state index contributed by atoms with van der Waals surface area (Å²) in [5.74, 6) is 0. The topological polar surface area (TPSA) is 103 Å². The van der Waals surface area contributed by atoms with Crippen molar-refractivity contribution >= 4 is 16.6 Å². The lowest BCUT2D eigenvalue weighted by Crippen LogP contribution is -2.56. The van der Waals surface area contributed by atoms with Crippen LogP contribution in [0.25, 0.3) is 0 Å². The van der Waals surface area contributed by atoms with Gasteiger partial charge in [-0.3, -0.25) is 14.3 Å². The van der Waals surface area contributed by atoms with Crippen molar-refractivity contribution in [3.63, 3.8) is 0 Å². The van der Waals surface area contributed by atoms with E-state index in [1.54, 1.807) is 6.92 Å². The highest BCUT2D eigenvalue weighted by Gasteiger charge is 2.55. The molecule has 0 unspecified atom stereocenters. The van der Waals surface area contributed by atoms with Gasteiger partial charge in [0, 0.05) is 18.2 Å². The lowest BCUT2D eigenvalue weighted by atomic mass is 9.99. The van der Waals surface area contributed by atoms with Gasteiger partial charge in [-0.2, -0.15) is 0 Å². The normalized spacial score (nSPS) is 25.0. The second kappa shape index (κ2) is 9.20. The average Bonchev–Trinajstić information content (AvgIpc) is 2.99. The number of aliphatic hydroxyl groups is 1. The number of aromatic nitrogens is 2. The van der Waals surface area contributed by atoms with Gasteiger partial charge in [-0.05, 0) is 43.2 Å². The van der Waals surface area contributed by atoms with Gasteiger partial charge in [-0.25, -0.2) is 4.79 Å². The summed E-state index contributed by atoms with van der Waals surface area (Å²) in [5, 5.41) is 10.6. The van der Waals surface area contributed by atoms with E-state index < -0.39 is 45.8 Å². The summed E-state index contributed by atoms with van der Waals surface area (Å²) in [6.07, 6.45) is 0.742. The lowest BCUT2D eigenvalue weighted by Gasteiger charge is -2.44. The Balaban J connectivity index is 2.49. The Morgan fingerprint density at radius 2 is 1.67 bits per heavy atom. The van der Waals surface area contributed by atoms with Crippen LogP contribution in [0.5, 0.6) is 0 Å². The Hall–Kier alpha value is -1.05. The van der Waals surface area contributed by atoms with Crippen molar-refractivity contribution in [1.82, 2.24) is 9.55 Å². The van der Waals surface area contributed by atoms with Crippen LogP contribution in [-0.2, 0) is 13.6 Å². The first-order chi connectivity index (χ1) is 14.8. The number of hydrogen-bond acceptors (Lipinski definition) is 6. The van der Waals surface area contributed by atoms with Crippen molar-refractivity contribution in [2.75, 3.05) is 13.2 Å². The molecule has 3 atom stereocenters. The minimum atomic E-state index is -2.23. The summed E-state index contributed by atoms with van der Waals surface area (Å²) < 4.78 is 21.1. The number of rotatable bonds is 7. The van der Waals surface area contributed by atoms with Crippen molar-refractivity contribution in [1.29, 1.82) is 0 Å². The number of nitrogens with zero attached hydrogens (tertiary/aromatic N) is 1. The van der Waals surface area contributed by atoms with E-state index in [1.165, 1.54) is 10.8 Å². The van der Waals surface area contributed by atoms with E-state index in [1.807, 2.05) is 0 Å². The summed E-state index contributed by atoms with van der Waals surface area (Å²) >= 11 is 0. The van der Waals surface area contributed by atoms with Crippen LogP contribution in [-0.4, -0.2) is 56.2 Å². The van der Waals surface area contributed by atoms with Gasteiger partial charge >= 0.3 is 5.69 Å². The first kappa shape index (κ1) is 28.2. The van der Waals surface area contributed by atoms with Crippen molar-refractivity contribution < 1.29 is 18.7 Å². The first-order valence-electron chi connectivity index (χ1n) is 11.7. The molecule has 33 heavy (non-hydrogen) atoms. The fourth-order valence-electron chi connectivity index (χ4n) is 3.28. The first-order valence-corrected chi connectivity index (χ1v) is 17.5. The predicted molar refractivity (Wildman–Crippen MR) is 136 cm³/mol. The highest BCUT2D eigenvalue weighted by molar-refractivity contribution is 6.74. The third-order valence-electron chi connectivity index (χ3n) is 7.82. The van der Waals surface area contributed by atoms with E-state index >= 15 is 0 Å². The van der Waals surface area contributed by atoms with Crippen LogP contribution in [0, 0.1) is 6.92 Å². The third-order valence-corrected chi connectivity index (χ3v) is 16.8. The number of H-pyrrole nitrogens is 1. The second-order valence-corrected chi connectivity index (χ2v) is 22.0. The van der Waals surface area contributed by atoms with E-state index in [4.69, 9.17) is 13.6 Å². The van der Waals surface area contributed by atoms with Crippen molar-refractivity contribution in [3.8, 4) is 0 Å². The van der Waals surface area contributed by atoms with Gasteiger partial charge in [0.1, 0.15) is 11.8 Å². The summed E-state index contributed by atoms with van der Waals surface area (Å²) in [6.45, 7) is 23.1.